The second kappa shape index (κ2) is 17.0. The Morgan fingerprint density at radius 3 is 1.68 bits per heavy atom. The number of benzene rings is 3. The van der Waals surface area contributed by atoms with Crippen molar-refractivity contribution in [1.29, 1.82) is 0 Å². The summed E-state index contributed by atoms with van der Waals surface area (Å²) in [6, 6.07) is 26.6. The van der Waals surface area contributed by atoms with Crippen LogP contribution in [0.4, 0.5) is 11.4 Å². The van der Waals surface area contributed by atoms with E-state index in [0.717, 1.165) is 72.8 Å². The number of anilines is 2. The SMILES string of the molecule is CCN(CC)c1ccc(C(=C2C=CC(=[N+](CC)C(=O)CCC[N+](C)(C)CCS)c3ccccc32)c2ccc(N(CC)CC)cc2)cc1. The molecule has 0 bridgehead atoms. The van der Waals surface area contributed by atoms with Crippen LogP contribution in [0.3, 0.4) is 0 Å². The van der Waals surface area contributed by atoms with Crippen molar-refractivity contribution in [3.05, 3.63) is 107 Å². The molecule has 1 amide bonds. The summed E-state index contributed by atoms with van der Waals surface area (Å²) in [5.74, 6) is 1.03. The van der Waals surface area contributed by atoms with Crippen LogP contribution in [0.25, 0.3) is 11.1 Å². The molecule has 0 saturated carbocycles. The van der Waals surface area contributed by atoms with Crippen LogP contribution in [-0.2, 0) is 4.79 Å². The summed E-state index contributed by atoms with van der Waals surface area (Å²) in [7, 11) is 4.43. The molecule has 6 heteroatoms. The predicted octanol–water partition coefficient (Wildman–Crippen LogP) is 8.04. The molecule has 3 aromatic rings. The maximum absolute atomic E-state index is 13.7. The first-order chi connectivity index (χ1) is 22.7. The maximum atomic E-state index is 13.7. The number of allylic oxidation sites excluding steroid dienone is 3. The zero-order valence-electron chi connectivity index (χ0n) is 29.8. The van der Waals surface area contributed by atoms with Gasteiger partial charge >= 0.3 is 5.91 Å². The third kappa shape index (κ3) is 8.65. The largest absolute Gasteiger partial charge is 0.387 e. The summed E-state index contributed by atoms with van der Waals surface area (Å²) in [4.78, 5) is 18.4. The van der Waals surface area contributed by atoms with Crippen molar-refractivity contribution < 1.29 is 13.9 Å². The van der Waals surface area contributed by atoms with Gasteiger partial charge in [0.2, 0.25) is 5.71 Å². The Labute approximate surface area is 289 Å². The normalized spacial score (nSPS) is 13.7. The molecule has 4 rings (SSSR count). The molecule has 1 aliphatic rings. The predicted molar refractivity (Wildman–Crippen MR) is 206 cm³/mol. The molecule has 0 radical (unpaired) electrons. The Balaban J connectivity index is 1.83. The Kier molecular flexibility index (Phi) is 13.1. The lowest BCUT2D eigenvalue weighted by Crippen LogP contribution is -2.42. The highest BCUT2D eigenvalue weighted by Crippen LogP contribution is 2.38. The van der Waals surface area contributed by atoms with Crippen LogP contribution in [0.5, 0.6) is 0 Å². The van der Waals surface area contributed by atoms with Gasteiger partial charge in [-0.05, 0) is 98.9 Å². The monoisotopic (exact) mass is 652 g/mol. The van der Waals surface area contributed by atoms with E-state index in [1.807, 2.05) is 4.58 Å². The summed E-state index contributed by atoms with van der Waals surface area (Å²) < 4.78 is 2.85. The van der Waals surface area contributed by atoms with Crippen LogP contribution in [-0.4, -0.2) is 86.3 Å². The zero-order chi connectivity index (χ0) is 34.0. The summed E-state index contributed by atoms with van der Waals surface area (Å²) >= 11 is 4.42. The average molecular weight is 653 g/mol. The van der Waals surface area contributed by atoms with Gasteiger partial charge in [-0.1, -0.05) is 42.5 Å². The fraction of sp³-hybridized carbons (Fsp3) is 0.415. The first-order valence-corrected chi connectivity index (χ1v) is 18.2. The molecular formula is C41H56N4OS+2. The molecule has 5 nitrogen and oxygen atoms in total. The highest BCUT2D eigenvalue weighted by atomic mass is 32.1. The van der Waals surface area contributed by atoms with Crippen molar-refractivity contribution >= 4 is 46.8 Å². The highest BCUT2D eigenvalue weighted by Gasteiger charge is 2.29. The first kappa shape index (κ1) is 36.2. The lowest BCUT2D eigenvalue weighted by molar-refractivity contribution is -0.887. The van der Waals surface area contributed by atoms with Crippen molar-refractivity contribution in [2.45, 2.75) is 47.5 Å². The first-order valence-electron chi connectivity index (χ1n) is 17.5. The van der Waals surface area contributed by atoms with Crippen molar-refractivity contribution in [3.63, 3.8) is 0 Å². The van der Waals surface area contributed by atoms with Gasteiger partial charge in [-0.3, -0.25) is 0 Å². The fourth-order valence-corrected chi connectivity index (χ4v) is 7.27. The molecular weight excluding hydrogens is 597 g/mol. The van der Waals surface area contributed by atoms with Crippen LogP contribution >= 0.6 is 12.6 Å². The van der Waals surface area contributed by atoms with E-state index in [0.29, 0.717) is 13.0 Å². The van der Waals surface area contributed by atoms with Crippen molar-refractivity contribution in [1.82, 2.24) is 0 Å². The molecule has 0 N–H and O–H groups in total. The Morgan fingerprint density at radius 1 is 0.702 bits per heavy atom. The summed E-state index contributed by atoms with van der Waals surface area (Å²) in [6.07, 6.45) is 5.78. The average Bonchev–Trinajstić information content (AvgIpc) is 3.08. The van der Waals surface area contributed by atoms with Gasteiger partial charge in [0, 0.05) is 55.8 Å². The standard InChI is InChI=1S/C41H55N4OS/c1-8-42(9-2)34-23-19-32(20-24-34)41(33-21-25-35(26-22-33)43(10-3)11-4)38-27-28-39(37-17-14-13-16-36(37)38)44(12-5)40(46)18-15-29-45(6,7)30-31-47/h13-14,16-17,19-28H,8-12,15,18,29-31H2,1-7H3/q+1/p+1. The van der Waals surface area contributed by atoms with E-state index < -0.39 is 0 Å². The number of carbonyl (C=O) groups is 1. The van der Waals surface area contributed by atoms with E-state index in [1.54, 1.807) is 0 Å². The van der Waals surface area contributed by atoms with Gasteiger partial charge < -0.3 is 14.3 Å². The number of amides is 1. The lowest BCUT2D eigenvalue weighted by atomic mass is 9.83. The fourth-order valence-electron chi connectivity index (χ4n) is 6.73. The minimum Gasteiger partial charge on any atom is -0.372 e. The second-order valence-electron chi connectivity index (χ2n) is 12.8. The number of nitrogens with zero attached hydrogens (tertiary/aromatic N) is 4. The number of hydrogen-bond donors (Lipinski definition) is 1. The lowest BCUT2D eigenvalue weighted by Gasteiger charge is -2.28. The number of carbonyl (C=O) groups excluding carboxylic acids is 1. The number of quaternary nitrogens is 1. The summed E-state index contributed by atoms with van der Waals surface area (Å²) in [6.45, 7) is 17.4. The summed E-state index contributed by atoms with van der Waals surface area (Å²) in [5.41, 5.74) is 10.4. The van der Waals surface area contributed by atoms with Crippen molar-refractivity contribution in [2.24, 2.45) is 0 Å². The third-order valence-electron chi connectivity index (χ3n) is 9.51. The molecule has 0 aliphatic heterocycles. The molecule has 0 atom stereocenters. The molecule has 0 spiro atoms. The van der Waals surface area contributed by atoms with E-state index in [1.165, 1.54) is 33.6 Å². The molecule has 0 aromatic heterocycles. The van der Waals surface area contributed by atoms with Gasteiger partial charge in [0.25, 0.3) is 0 Å². The van der Waals surface area contributed by atoms with E-state index in [-0.39, 0.29) is 5.91 Å². The van der Waals surface area contributed by atoms with E-state index in [4.69, 9.17) is 0 Å². The van der Waals surface area contributed by atoms with Gasteiger partial charge in [-0.2, -0.15) is 17.2 Å². The Morgan fingerprint density at radius 2 is 1.21 bits per heavy atom. The number of fused-ring (bicyclic) bond motifs is 1. The van der Waals surface area contributed by atoms with E-state index in [9.17, 15) is 4.79 Å². The second-order valence-corrected chi connectivity index (χ2v) is 13.3. The maximum Gasteiger partial charge on any atom is 0.387 e. The molecule has 250 valence electrons. The molecule has 0 fully saturated rings. The van der Waals surface area contributed by atoms with Gasteiger partial charge in [0.05, 0.1) is 39.2 Å². The molecule has 0 unspecified atom stereocenters. The Hall–Kier alpha value is -3.61. The van der Waals surface area contributed by atoms with Gasteiger partial charge in [-0.15, -0.1) is 0 Å². The van der Waals surface area contributed by atoms with Gasteiger partial charge in [-0.25, -0.2) is 4.79 Å². The number of hydrogen-bond acceptors (Lipinski definition) is 4. The quantitative estimate of drug-likeness (QED) is 0.102. The summed E-state index contributed by atoms with van der Waals surface area (Å²) in [5, 5.41) is 0. The third-order valence-corrected chi connectivity index (χ3v) is 9.71. The minimum absolute atomic E-state index is 0.180. The zero-order valence-corrected chi connectivity index (χ0v) is 30.7. The number of rotatable bonds is 15. The molecule has 47 heavy (non-hydrogen) atoms. The van der Waals surface area contributed by atoms with E-state index in [2.05, 4.69) is 156 Å². The topological polar surface area (TPSA) is 26.6 Å². The Bertz CT molecular complexity index is 1520. The van der Waals surface area contributed by atoms with Crippen LogP contribution in [0.2, 0.25) is 0 Å². The number of thiol groups is 1. The van der Waals surface area contributed by atoms with Crippen LogP contribution in [0.15, 0.2) is 84.9 Å². The molecule has 0 heterocycles. The van der Waals surface area contributed by atoms with Gasteiger partial charge in [0.1, 0.15) is 6.54 Å². The minimum atomic E-state index is 0.180. The van der Waals surface area contributed by atoms with Crippen molar-refractivity contribution in [2.75, 3.05) is 75.5 Å². The molecule has 3 aromatic carbocycles. The van der Waals surface area contributed by atoms with Crippen LogP contribution in [0, 0.1) is 0 Å². The van der Waals surface area contributed by atoms with Gasteiger partial charge in [0.15, 0.2) is 0 Å². The van der Waals surface area contributed by atoms with E-state index >= 15 is 0 Å². The van der Waals surface area contributed by atoms with Crippen molar-refractivity contribution in [3.8, 4) is 0 Å². The smallest absolute Gasteiger partial charge is 0.372 e. The van der Waals surface area contributed by atoms with Crippen LogP contribution < -0.4 is 9.80 Å². The molecule has 0 saturated heterocycles. The highest BCUT2D eigenvalue weighted by molar-refractivity contribution is 7.80. The van der Waals surface area contributed by atoms with Crippen LogP contribution in [0.1, 0.15) is 69.7 Å². The molecule has 1 aliphatic carbocycles.